The van der Waals surface area contributed by atoms with Crippen LogP contribution in [0.3, 0.4) is 0 Å². The van der Waals surface area contributed by atoms with Gasteiger partial charge in [0.1, 0.15) is 4.84 Å². The van der Waals surface area contributed by atoms with Gasteiger partial charge in [-0.25, -0.2) is 4.99 Å². The molecule has 90 valence electrons. The molecule has 0 saturated carbocycles. The maximum absolute atomic E-state index is 11.8. The molecule has 0 fully saturated rings. The lowest BCUT2D eigenvalue weighted by Crippen LogP contribution is -2.37. The maximum atomic E-state index is 11.8. The third-order valence-corrected chi connectivity index (χ3v) is 2.65. The number of carbonyl (C=O) groups excluding carboxylic acids is 1. The second-order valence-corrected chi connectivity index (χ2v) is 4.76. The molecule has 17 heavy (non-hydrogen) atoms. The van der Waals surface area contributed by atoms with E-state index in [4.69, 9.17) is 34.8 Å². The molecule has 1 aromatic rings. The van der Waals surface area contributed by atoms with Crippen LogP contribution in [0.2, 0.25) is 5.02 Å². The second-order valence-electron chi connectivity index (χ2n) is 2.98. The van der Waals surface area contributed by atoms with Gasteiger partial charge in [0.25, 0.3) is 5.91 Å². The van der Waals surface area contributed by atoms with Crippen molar-refractivity contribution in [1.29, 1.82) is 0 Å². The van der Waals surface area contributed by atoms with Gasteiger partial charge in [0.15, 0.2) is 6.17 Å². The smallest absolute Gasteiger partial charge is 0.253 e. The SMILES string of the molecule is O=C(N[C@H](N=C=S)C(Cl)Cl)c1ccc(Cl)cc1. The number of alkyl halides is 2. The first-order valence-electron chi connectivity index (χ1n) is 4.46. The molecule has 0 aliphatic carbocycles. The summed E-state index contributed by atoms with van der Waals surface area (Å²) in [6.45, 7) is 0. The van der Waals surface area contributed by atoms with Gasteiger partial charge in [-0.2, -0.15) is 0 Å². The van der Waals surface area contributed by atoms with E-state index in [-0.39, 0.29) is 5.91 Å². The molecule has 0 aromatic heterocycles. The quantitative estimate of drug-likeness (QED) is 0.527. The highest BCUT2D eigenvalue weighted by Gasteiger charge is 2.18. The van der Waals surface area contributed by atoms with Crippen LogP contribution in [0.1, 0.15) is 10.4 Å². The van der Waals surface area contributed by atoms with Crippen molar-refractivity contribution in [2.24, 2.45) is 4.99 Å². The molecular weight excluding hydrogens is 303 g/mol. The van der Waals surface area contributed by atoms with Crippen LogP contribution in [0.4, 0.5) is 0 Å². The molecule has 0 radical (unpaired) electrons. The van der Waals surface area contributed by atoms with Crippen molar-refractivity contribution in [2.75, 3.05) is 0 Å². The molecule has 1 aromatic carbocycles. The minimum Gasteiger partial charge on any atom is -0.327 e. The predicted octanol–water partition coefficient (Wildman–Crippen LogP) is 3.30. The summed E-state index contributed by atoms with van der Waals surface area (Å²) in [6.07, 6.45) is -0.820. The number of carbonyl (C=O) groups is 1. The van der Waals surface area contributed by atoms with Crippen LogP contribution < -0.4 is 5.32 Å². The van der Waals surface area contributed by atoms with Crippen molar-refractivity contribution in [1.82, 2.24) is 5.32 Å². The maximum Gasteiger partial charge on any atom is 0.253 e. The molecule has 0 bridgehead atoms. The normalized spacial score (nSPS) is 11.8. The predicted molar refractivity (Wildman–Crippen MR) is 73.2 cm³/mol. The van der Waals surface area contributed by atoms with Gasteiger partial charge in [0.05, 0.1) is 5.16 Å². The molecule has 7 heteroatoms. The van der Waals surface area contributed by atoms with E-state index in [1.54, 1.807) is 24.3 Å². The van der Waals surface area contributed by atoms with Crippen LogP contribution in [0.15, 0.2) is 29.3 Å². The van der Waals surface area contributed by atoms with Gasteiger partial charge in [0, 0.05) is 10.6 Å². The van der Waals surface area contributed by atoms with Crippen LogP contribution in [0.5, 0.6) is 0 Å². The number of hydrogen-bond acceptors (Lipinski definition) is 3. The third kappa shape index (κ3) is 4.62. The molecule has 0 spiro atoms. The van der Waals surface area contributed by atoms with Crippen molar-refractivity contribution in [2.45, 2.75) is 11.0 Å². The molecule has 0 aliphatic rings. The van der Waals surface area contributed by atoms with E-state index in [2.05, 4.69) is 27.7 Å². The fourth-order valence-electron chi connectivity index (χ4n) is 1.03. The highest BCUT2D eigenvalue weighted by Crippen LogP contribution is 2.12. The zero-order valence-electron chi connectivity index (χ0n) is 8.36. The second kappa shape index (κ2) is 6.94. The average molecular weight is 310 g/mol. The fraction of sp³-hybridized carbons (Fsp3) is 0.200. The summed E-state index contributed by atoms with van der Waals surface area (Å²) < 4.78 is 0. The standard InChI is InChI=1S/C10H7Cl3N2OS/c11-7-3-1-6(2-4-7)10(16)15-9(8(12)13)14-5-17/h1-4,8-9H,(H,15,16)/t9-/m0/s1. The number of thiocarbonyl (C=S) groups is 1. The molecule has 1 amide bonds. The molecule has 0 aliphatic heterocycles. The van der Waals surface area contributed by atoms with Gasteiger partial charge in [-0.05, 0) is 36.5 Å². The first kappa shape index (κ1) is 14.4. The highest BCUT2D eigenvalue weighted by molar-refractivity contribution is 7.78. The minimum absolute atomic E-state index is 0.369. The van der Waals surface area contributed by atoms with Crippen LogP contribution in [-0.4, -0.2) is 22.1 Å². The molecule has 0 unspecified atom stereocenters. The van der Waals surface area contributed by atoms with Crippen molar-refractivity contribution in [3.05, 3.63) is 34.9 Å². The number of rotatable bonds is 4. The Labute approximate surface area is 119 Å². The van der Waals surface area contributed by atoms with Gasteiger partial charge >= 0.3 is 0 Å². The number of nitrogens with one attached hydrogen (secondary N) is 1. The van der Waals surface area contributed by atoms with E-state index in [9.17, 15) is 4.79 Å². The van der Waals surface area contributed by atoms with Crippen LogP contribution in [0.25, 0.3) is 0 Å². The van der Waals surface area contributed by atoms with Crippen LogP contribution >= 0.6 is 47.0 Å². The Morgan fingerprint density at radius 2 is 1.94 bits per heavy atom. The topological polar surface area (TPSA) is 41.5 Å². The molecule has 0 saturated heterocycles. The van der Waals surface area contributed by atoms with Gasteiger partial charge in [-0.1, -0.05) is 11.6 Å². The summed E-state index contributed by atoms with van der Waals surface area (Å²) >= 11 is 21.4. The van der Waals surface area contributed by atoms with Gasteiger partial charge < -0.3 is 5.32 Å². The van der Waals surface area contributed by atoms with Crippen molar-refractivity contribution in [3.8, 4) is 0 Å². The third-order valence-electron chi connectivity index (χ3n) is 1.82. The van der Waals surface area contributed by atoms with Gasteiger partial charge in [-0.3, -0.25) is 4.79 Å². The number of isothiocyanates is 1. The summed E-state index contributed by atoms with van der Waals surface area (Å²) in [4.78, 5) is 14.5. The Kier molecular flexibility index (Phi) is 5.89. The highest BCUT2D eigenvalue weighted by atomic mass is 35.5. The molecular formula is C10H7Cl3N2OS. The Morgan fingerprint density at radius 1 is 1.35 bits per heavy atom. The Bertz CT molecular complexity index is 443. The number of aliphatic imine (C=N–C) groups is 1. The number of hydrogen-bond donors (Lipinski definition) is 1. The minimum atomic E-state index is -0.901. The van der Waals surface area contributed by atoms with E-state index >= 15 is 0 Å². The first-order chi connectivity index (χ1) is 8.04. The summed E-state index contributed by atoms with van der Waals surface area (Å²) in [5.74, 6) is -0.369. The van der Waals surface area contributed by atoms with E-state index in [1.807, 2.05) is 0 Å². The van der Waals surface area contributed by atoms with Crippen LogP contribution in [0, 0.1) is 0 Å². The van der Waals surface area contributed by atoms with E-state index in [1.165, 1.54) is 0 Å². The van der Waals surface area contributed by atoms with E-state index < -0.39 is 11.0 Å². The van der Waals surface area contributed by atoms with Crippen molar-refractivity contribution < 1.29 is 4.79 Å². The largest absolute Gasteiger partial charge is 0.327 e. The molecule has 1 N–H and O–H groups in total. The number of amides is 1. The van der Waals surface area contributed by atoms with E-state index in [0.717, 1.165) is 0 Å². The summed E-state index contributed by atoms with van der Waals surface area (Å²) in [5, 5.41) is 5.17. The monoisotopic (exact) mass is 308 g/mol. The lowest BCUT2D eigenvalue weighted by atomic mass is 10.2. The lowest BCUT2D eigenvalue weighted by Gasteiger charge is -2.13. The Morgan fingerprint density at radius 3 is 2.41 bits per heavy atom. The van der Waals surface area contributed by atoms with Gasteiger partial charge in [-0.15, -0.1) is 23.2 Å². The number of benzene rings is 1. The average Bonchev–Trinajstić information content (AvgIpc) is 2.29. The zero-order chi connectivity index (χ0) is 12.8. The first-order valence-corrected chi connectivity index (χ1v) is 6.12. The molecule has 3 nitrogen and oxygen atoms in total. The summed E-state index contributed by atoms with van der Waals surface area (Å²) in [7, 11) is 0. The molecule has 0 heterocycles. The number of halogens is 3. The van der Waals surface area contributed by atoms with E-state index in [0.29, 0.717) is 10.6 Å². The summed E-state index contributed by atoms with van der Waals surface area (Å²) in [5.41, 5.74) is 0.424. The Hall–Kier alpha value is -0.640. The van der Waals surface area contributed by atoms with Crippen LogP contribution in [-0.2, 0) is 0 Å². The fourth-order valence-corrected chi connectivity index (χ4v) is 1.51. The van der Waals surface area contributed by atoms with Crippen molar-refractivity contribution in [3.63, 3.8) is 0 Å². The Balaban J connectivity index is 2.77. The molecule has 1 rings (SSSR count). The lowest BCUT2D eigenvalue weighted by molar-refractivity contribution is 0.0940. The number of nitrogens with zero attached hydrogens (tertiary/aromatic N) is 1. The van der Waals surface area contributed by atoms with Gasteiger partial charge in [0.2, 0.25) is 0 Å². The van der Waals surface area contributed by atoms with Crippen molar-refractivity contribution >= 4 is 58.1 Å². The molecule has 1 atom stereocenters. The summed E-state index contributed by atoms with van der Waals surface area (Å²) in [6, 6.07) is 6.36. The zero-order valence-corrected chi connectivity index (χ0v) is 11.4.